The Labute approximate surface area is 158 Å². The fourth-order valence-corrected chi connectivity index (χ4v) is 5.89. The Morgan fingerprint density at radius 2 is 1.73 bits per heavy atom. The van der Waals surface area contributed by atoms with E-state index >= 15 is 0 Å². The van der Waals surface area contributed by atoms with Crippen LogP contribution in [0.15, 0.2) is 58.9 Å². The Hall–Kier alpha value is -1.76. The van der Waals surface area contributed by atoms with Gasteiger partial charge in [-0.25, -0.2) is 13.4 Å². The highest BCUT2D eigenvalue weighted by molar-refractivity contribution is 7.94. The molecule has 1 heterocycles. The van der Waals surface area contributed by atoms with E-state index in [4.69, 9.17) is 4.74 Å². The predicted octanol–water partition coefficient (Wildman–Crippen LogP) is 4.85. The molecule has 0 aliphatic heterocycles. The Bertz CT molecular complexity index is 930. The minimum Gasteiger partial charge on any atom is -0.377 e. The van der Waals surface area contributed by atoms with E-state index in [0.29, 0.717) is 26.1 Å². The molecule has 3 rings (SSSR count). The smallest absolute Gasteiger partial charge is 0.210 e. The number of benzene rings is 2. The molecule has 26 heavy (non-hydrogen) atoms. The van der Waals surface area contributed by atoms with Gasteiger partial charge < -0.3 is 4.74 Å². The highest BCUT2D eigenvalue weighted by Gasteiger charge is 2.37. The van der Waals surface area contributed by atoms with Crippen LogP contribution in [-0.2, 0) is 21.2 Å². The average molecular weight is 390 g/mol. The van der Waals surface area contributed by atoms with Crippen LogP contribution in [0, 0.1) is 0 Å². The third kappa shape index (κ3) is 4.14. The van der Waals surface area contributed by atoms with Crippen molar-refractivity contribution in [3.8, 4) is 0 Å². The van der Waals surface area contributed by atoms with E-state index in [1.807, 2.05) is 54.6 Å². The lowest BCUT2D eigenvalue weighted by molar-refractivity contribution is 0.115. The van der Waals surface area contributed by atoms with Gasteiger partial charge in [-0.3, -0.25) is 0 Å². The minimum absolute atomic E-state index is 0.203. The van der Waals surface area contributed by atoms with Gasteiger partial charge in [-0.15, -0.1) is 11.3 Å². The number of sulfone groups is 1. The van der Waals surface area contributed by atoms with Gasteiger partial charge in [-0.1, -0.05) is 42.5 Å². The first-order valence-electron chi connectivity index (χ1n) is 8.62. The number of ether oxygens (including phenoxy) is 1. The molecule has 1 aromatic heterocycles. The van der Waals surface area contributed by atoms with Crippen molar-refractivity contribution >= 4 is 31.4 Å². The second kappa shape index (κ2) is 7.86. The fourth-order valence-electron chi connectivity index (χ4n) is 2.70. The molecule has 0 saturated carbocycles. The van der Waals surface area contributed by atoms with Crippen LogP contribution >= 0.6 is 11.3 Å². The molecule has 0 atom stereocenters. The Balaban J connectivity index is 1.59. The van der Waals surface area contributed by atoms with Gasteiger partial charge in [0.25, 0.3) is 0 Å². The van der Waals surface area contributed by atoms with Gasteiger partial charge >= 0.3 is 0 Å². The Morgan fingerprint density at radius 3 is 2.46 bits per heavy atom. The van der Waals surface area contributed by atoms with Crippen molar-refractivity contribution in [1.82, 2.24) is 4.98 Å². The summed E-state index contributed by atoms with van der Waals surface area (Å²) < 4.78 is 31.9. The van der Waals surface area contributed by atoms with Crippen molar-refractivity contribution in [1.29, 1.82) is 0 Å². The molecule has 0 aliphatic carbocycles. The first-order chi connectivity index (χ1) is 12.4. The first kappa shape index (κ1) is 19.0. The Kier molecular flexibility index (Phi) is 5.75. The van der Waals surface area contributed by atoms with Crippen molar-refractivity contribution in [3.05, 3.63) is 60.2 Å². The number of nitrogens with zero attached hydrogens (tertiary/aromatic N) is 1. The summed E-state index contributed by atoms with van der Waals surface area (Å²) in [5.74, 6) is 0. The standard InChI is InChI=1S/C20H23NO3S2/c1-20(2,13-8-14-24-15-16-9-4-3-5-10-16)26(22,23)19-21-17-11-6-7-12-18(17)25-19/h3-7,9-12H,8,13-15H2,1-2H3. The molecule has 0 saturated heterocycles. The molecule has 0 unspecified atom stereocenters. The summed E-state index contributed by atoms with van der Waals surface area (Å²) in [6.45, 7) is 4.62. The molecule has 6 heteroatoms. The van der Waals surface area contributed by atoms with Gasteiger partial charge in [-0.2, -0.15) is 0 Å². The normalized spacial score (nSPS) is 12.5. The number of thiazole rings is 1. The Morgan fingerprint density at radius 1 is 1.04 bits per heavy atom. The number of hydrogen-bond acceptors (Lipinski definition) is 5. The first-order valence-corrected chi connectivity index (χ1v) is 10.9. The van der Waals surface area contributed by atoms with Gasteiger partial charge in [0.05, 0.1) is 21.6 Å². The third-order valence-corrected chi connectivity index (χ3v) is 8.36. The van der Waals surface area contributed by atoms with E-state index in [1.54, 1.807) is 13.8 Å². The largest absolute Gasteiger partial charge is 0.377 e. The molecule has 2 aromatic carbocycles. The molecule has 0 bridgehead atoms. The lowest BCUT2D eigenvalue weighted by Crippen LogP contribution is -2.32. The maximum absolute atomic E-state index is 13.0. The molecule has 0 radical (unpaired) electrons. The summed E-state index contributed by atoms with van der Waals surface area (Å²) in [6.07, 6.45) is 1.21. The van der Waals surface area contributed by atoms with Gasteiger partial charge in [0.15, 0.2) is 0 Å². The topological polar surface area (TPSA) is 56.3 Å². The number of hydrogen-bond donors (Lipinski definition) is 0. The second-order valence-electron chi connectivity index (χ2n) is 6.85. The van der Waals surface area contributed by atoms with E-state index in [0.717, 1.165) is 15.8 Å². The lowest BCUT2D eigenvalue weighted by Gasteiger charge is -2.23. The van der Waals surface area contributed by atoms with Crippen LogP contribution in [0.2, 0.25) is 0 Å². The molecule has 3 aromatic rings. The molecule has 4 nitrogen and oxygen atoms in total. The second-order valence-corrected chi connectivity index (χ2v) is 10.6. The highest BCUT2D eigenvalue weighted by Crippen LogP contribution is 2.34. The highest BCUT2D eigenvalue weighted by atomic mass is 32.2. The van der Waals surface area contributed by atoms with Crippen LogP contribution in [0.1, 0.15) is 32.3 Å². The molecule has 0 spiro atoms. The zero-order valence-electron chi connectivity index (χ0n) is 15.0. The molecule has 0 aliphatic rings. The van der Waals surface area contributed by atoms with Crippen molar-refractivity contribution in [2.75, 3.05) is 6.61 Å². The van der Waals surface area contributed by atoms with Gasteiger partial charge in [0.2, 0.25) is 14.2 Å². The van der Waals surface area contributed by atoms with E-state index in [9.17, 15) is 8.42 Å². The minimum atomic E-state index is -3.49. The van der Waals surface area contributed by atoms with Crippen molar-refractivity contribution in [2.24, 2.45) is 0 Å². The maximum atomic E-state index is 13.0. The van der Waals surface area contributed by atoms with Crippen molar-refractivity contribution < 1.29 is 13.2 Å². The number of rotatable bonds is 8. The monoisotopic (exact) mass is 389 g/mol. The molecule has 138 valence electrons. The van der Waals surface area contributed by atoms with Crippen molar-refractivity contribution in [3.63, 3.8) is 0 Å². The molecule has 0 N–H and O–H groups in total. The van der Waals surface area contributed by atoms with E-state index < -0.39 is 14.6 Å². The SMILES string of the molecule is CC(C)(CCCOCc1ccccc1)S(=O)(=O)c1nc2ccccc2s1. The fraction of sp³-hybridized carbons (Fsp3) is 0.350. The maximum Gasteiger partial charge on any atom is 0.210 e. The molecule has 0 fully saturated rings. The van der Waals surface area contributed by atoms with Gasteiger partial charge in [-0.05, 0) is 44.4 Å². The zero-order valence-corrected chi connectivity index (χ0v) is 16.6. The summed E-state index contributed by atoms with van der Waals surface area (Å²) in [7, 11) is -3.49. The lowest BCUT2D eigenvalue weighted by atomic mass is 10.1. The van der Waals surface area contributed by atoms with Crippen LogP contribution in [0.25, 0.3) is 10.2 Å². The summed E-state index contributed by atoms with van der Waals surface area (Å²) in [5.41, 5.74) is 1.85. The van der Waals surface area contributed by atoms with Gasteiger partial charge in [0, 0.05) is 6.61 Å². The van der Waals surface area contributed by atoms with E-state index in [-0.39, 0.29) is 4.34 Å². The van der Waals surface area contributed by atoms with E-state index in [2.05, 4.69) is 4.98 Å². The number of fused-ring (bicyclic) bond motifs is 1. The predicted molar refractivity (Wildman–Crippen MR) is 106 cm³/mol. The van der Waals surface area contributed by atoms with Crippen molar-refractivity contribution in [2.45, 2.75) is 42.4 Å². The average Bonchev–Trinajstić information content (AvgIpc) is 3.07. The summed E-state index contributed by atoms with van der Waals surface area (Å²) in [5, 5.41) is 0. The molecule has 0 amide bonds. The number of aromatic nitrogens is 1. The van der Waals surface area contributed by atoms with Crippen LogP contribution in [0.3, 0.4) is 0 Å². The van der Waals surface area contributed by atoms with Crippen LogP contribution in [-0.4, -0.2) is 24.8 Å². The summed E-state index contributed by atoms with van der Waals surface area (Å²) in [6, 6.07) is 17.5. The summed E-state index contributed by atoms with van der Waals surface area (Å²) in [4.78, 5) is 4.33. The molecular formula is C20H23NO3S2. The zero-order chi connectivity index (χ0) is 18.6. The molecular weight excluding hydrogens is 366 g/mol. The van der Waals surface area contributed by atoms with Crippen LogP contribution < -0.4 is 0 Å². The third-order valence-electron chi connectivity index (χ3n) is 4.41. The van der Waals surface area contributed by atoms with Gasteiger partial charge in [0.1, 0.15) is 0 Å². The van der Waals surface area contributed by atoms with Crippen LogP contribution in [0.5, 0.6) is 0 Å². The van der Waals surface area contributed by atoms with Crippen LogP contribution in [0.4, 0.5) is 0 Å². The van der Waals surface area contributed by atoms with E-state index in [1.165, 1.54) is 11.3 Å². The number of para-hydroxylation sites is 1. The summed E-state index contributed by atoms with van der Waals surface area (Å²) >= 11 is 1.24. The quantitative estimate of drug-likeness (QED) is 0.517.